The fraction of sp³-hybridized carbons (Fsp3) is 0.267. The number of hydrogen-bond donors (Lipinski definition) is 4. The number of urea groups is 1. The van der Waals surface area contributed by atoms with Gasteiger partial charge in [0.25, 0.3) is 16.0 Å². The number of esters is 1. The Morgan fingerprint density at radius 3 is 2.10 bits per heavy atom. The molecule has 4 aromatic carbocycles. The minimum atomic E-state index is -4.02. The van der Waals surface area contributed by atoms with Gasteiger partial charge in [0.2, 0.25) is 11.1 Å². The molecule has 2 saturated heterocycles. The van der Waals surface area contributed by atoms with Gasteiger partial charge in [-0.3, -0.25) is 33.5 Å². The van der Waals surface area contributed by atoms with Crippen molar-refractivity contribution < 1.29 is 46.5 Å². The van der Waals surface area contributed by atoms with Crippen molar-refractivity contribution in [2.45, 2.75) is 47.5 Å². The van der Waals surface area contributed by atoms with Crippen LogP contribution in [0.15, 0.2) is 131 Å². The van der Waals surface area contributed by atoms with Crippen molar-refractivity contribution in [1.82, 2.24) is 45.5 Å². The van der Waals surface area contributed by atoms with Crippen molar-refractivity contribution >= 4 is 75.0 Å². The molecule has 3 aliphatic rings. The van der Waals surface area contributed by atoms with E-state index in [1.165, 1.54) is 62.3 Å². The number of fused-ring (bicyclic) bond motifs is 1. The van der Waals surface area contributed by atoms with Gasteiger partial charge in [-0.15, -0.1) is 16.9 Å². The van der Waals surface area contributed by atoms with Gasteiger partial charge in [0.05, 0.1) is 4.90 Å². The summed E-state index contributed by atoms with van der Waals surface area (Å²) < 4.78 is 37.3. The van der Waals surface area contributed by atoms with Crippen LogP contribution in [0.25, 0.3) is 0 Å². The molecule has 2 fully saturated rings. The lowest BCUT2D eigenvalue weighted by Gasteiger charge is -2.50. The lowest BCUT2D eigenvalue weighted by atomic mass is 10.00. The summed E-state index contributed by atoms with van der Waals surface area (Å²) >= 11 is 2.65. The molecule has 68 heavy (non-hydrogen) atoms. The third kappa shape index (κ3) is 11.0. The number of aryl methyl sites for hydroxylation is 2. The average Bonchev–Trinajstić information content (AvgIpc) is 3.76. The predicted molar refractivity (Wildman–Crippen MR) is 249 cm³/mol. The number of nitrogens with one attached hydrogen (secondary N) is 2. The SMILES string of the molecule is CCN1CCN(C(=O)N[C@@H](C(=O)N[C@@H]2C(=O)N3C(C(=O)OC(c4ccccc4)c4ccccc4)=C(CSc4nnnn4C)CS[C@@H]23)c2ccc(N)cc2)C(=O)C1=O.Cc1ccc(S(=O)(=O)O)cc1. The summed E-state index contributed by atoms with van der Waals surface area (Å²) in [6, 6.07) is 27.2. The smallest absolute Gasteiger partial charge is 0.356 e. The van der Waals surface area contributed by atoms with Crippen LogP contribution in [0.5, 0.6) is 0 Å². The van der Waals surface area contributed by atoms with Gasteiger partial charge in [-0.25, -0.2) is 14.3 Å². The molecule has 5 aromatic rings. The van der Waals surface area contributed by atoms with E-state index < -0.39 is 69.3 Å². The minimum absolute atomic E-state index is 0.0616. The monoisotopic (exact) mass is 982 g/mol. The van der Waals surface area contributed by atoms with Crippen molar-refractivity contribution in [1.29, 1.82) is 0 Å². The second-order valence-corrected chi connectivity index (χ2v) is 19.0. The molecule has 3 atom stereocenters. The Hall–Kier alpha value is -7.08. The number of ether oxygens (including phenoxy) is 1. The number of imide groups is 1. The number of hydrogen-bond acceptors (Lipinski definition) is 15. The average molecular weight is 983 g/mol. The molecule has 5 N–H and O–H groups in total. The number of piperazine rings is 1. The van der Waals surface area contributed by atoms with Crippen LogP contribution in [-0.4, -0.2) is 126 Å². The maximum Gasteiger partial charge on any atom is 0.356 e. The number of benzene rings is 4. The molecule has 6 amide bonds. The molecule has 0 aliphatic carbocycles. The lowest BCUT2D eigenvalue weighted by molar-refractivity contribution is -0.155. The summed E-state index contributed by atoms with van der Waals surface area (Å²) in [5.41, 5.74) is 9.71. The molecule has 0 spiro atoms. The quantitative estimate of drug-likeness (QED) is 0.0329. The molecule has 23 heteroatoms. The molecule has 0 saturated carbocycles. The first-order valence-electron chi connectivity index (χ1n) is 21.0. The molecule has 354 valence electrons. The first kappa shape index (κ1) is 48.8. The highest BCUT2D eigenvalue weighted by molar-refractivity contribution is 8.01. The van der Waals surface area contributed by atoms with E-state index >= 15 is 0 Å². The van der Waals surface area contributed by atoms with Gasteiger partial charge in [0.1, 0.15) is 23.2 Å². The normalized spacial score (nSPS) is 17.4. The number of nitrogen functional groups attached to an aromatic ring is 1. The van der Waals surface area contributed by atoms with Gasteiger partial charge < -0.3 is 26.0 Å². The van der Waals surface area contributed by atoms with Gasteiger partial charge >= 0.3 is 23.8 Å². The van der Waals surface area contributed by atoms with E-state index in [2.05, 4.69) is 26.2 Å². The number of aromatic nitrogens is 4. The maximum absolute atomic E-state index is 14.4. The standard InChI is InChI=1S/C38H38N10O7S2.C7H8O3S/c1-3-46-18-19-47(34(52)33(46)51)37(54)41-27(22-14-16-26(39)17-15-22)31(49)40-28-32(50)48-29(25(20-56-35(28)48)21-57-38-42-43-44-45(38)2)36(53)55-30(23-10-6-4-7-11-23)24-12-8-5-9-13-24;1-6-2-4-7(5-3-6)11(8,9)10/h4-17,27-28,30,35H,3,18-21,39H2,1-2H3,(H,40,49)(H,41,54);2-5H,1H3,(H,8,9,10)/t27-,28-,35+;/m1./s1. The Morgan fingerprint density at radius 1 is 0.897 bits per heavy atom. The first-order valence-corrected chi connectivity index (χ1v) is 24.5. The first-order chi connectivity index (χ1) is 32.5. The highest BCUT2D eigenvalue weighted by Crippen LogP contribution is 2.43. The molecule has 20 nitrogen and oxygen atoms in total. The van der Waals surface area contributed by atoms with Crippen LogP contribution < -0.4 is 16.4 Å². The third-order valence-electron chi connectivity index (χ3n) is 11.0. The number of nitrogens with zero attached hydrogens (tertiary/aromatic N) is 7. The van der Waals surface area contributed by atoms with Crippen LogP contribution >= 0.6 is 23.5 Å². The number of carbonyl (C=O) groups is 6. The maximum atomic E-state index is 14.4. The number of thioether (sulfide) groups is 2. The van der Waals surface area contributed by atoms with Crippen LogP contribution in [-0.2, 0) is 45.9 Å². The summed E-state index contributed by atoms with van der Waals surface area (Å²) in [4.78, 5) is 84.8. The summed E-state index contributed by atoms with van der Waals surface area (Å²) in [5.74, 6) is -3.31. The molecule has 0 unspecified atom stereocenters. The zero-order chi connectivity index (χ0) is 48.7. The fourth-order valence-electron chi connectivity index (χ4n) is 7.33. The number of β-lactam (4-membered cyclic amide) rings is 1. The molecular weight excluding hydrogens is 937 g/mol. The van der Waals surface area contributed by atoms with E-state index in [1.54, 1.807) is 38.2 Å². The van der Waals surface area contributed by atoms with Crippen LogP contribution in [0.2, 0.25) is 0 Å². The van der Waals surface area contributed by atoms with Crippen molar-refractivity contribution in [3.63, 3.8) is 0 Å². The Kier molecular flexibility index (Phi) is 15.3. The number of carbonyl (C=O) groups excluding carboxylic acids is 6. The fourth-order valence-corrected chi connectivity index (χ4v) is 10.1. The van der Waals surface area contributed by atoms with Gasteiger partial charge in [0.15, 0.2) is 6.10 Å². The summed E-state index contributed by atoms with van der Waals surface area (Å²) in [6.45, 7) is 3.94. The van der Waals surface area contributed by atoms with E-state index in [-0.39, 0.29) is 29.4 Å². The molecular formula is C45H46N10O10S3. The Morgan fingerprint density at radius 2 is 1.53 bits per heavy atom. The Bertz CT molecular complexity index is 2790. The van der Waals surface area contributed by atoms with Crippen LogP contribution in [0.3, 0.4) is 0 Å². The predicted octanol–water partition coefficient (Wildman–Crippen LogP) is 3.25. The number of nitrogens with two attached hydrogens (primary N) is 1. The van der Waals surface area contributed by atoms with E-state index in [0.29, 0.717) is 34.3 Å². The molecule has 1 aromatic heterocycles. The van der Waals surface area contributed by atoms with Crippen LogP contribution in [0.1, 0.15) is 41.3 Å². The van der Waals surface area contributed by atoms with Gasteiger partial charge in [-0.1, -0.05) is 102 Å². The Balaban J connectivity index is 0.000000548. The summed E-state index contributed by atoms with van der Waals surface area (Å²) in [6.07, 6.45) is -0.791. The van der Waals surface area contributed by atoms with Gasteiger partial charge in [-0.05, 0) is 70.8 Å². The van der Waals surface area contributed by atoms with Crippen molar-refractivity contribution in [2.24, 2.45) is 7.05 Å². The number of anilines is 1. The molecule has 0 radical (unpaired) electrons. The largest absolute Gasteiger partial charge is 0.448 e. The van der Waals surface area contributed by atoms with Crippen molar-refractivity contribution in [3.05, 3.63) is 143 Å². The van der Waals surface area contributed by atoms with Crippen molar-refractivity contribution in [2.75, 3.05) is 36.9 Å². The minimum Gasteiger partial charge on any atom is -0.448 e. The highest BCUT2D eigenvalue weighted by atomic mass is 32.2. The van der Waals surface area contributed by atoms with E-state index in [9.17, 15) is 37.2 Å². The van der Waals surface area contributed by atoms with Crippen LogP contribution in [0.4, 0.5) is 10.5 Å². The summed E-state index contributed by atoms with van der Waals surface area (Å²) in [5, 5.41) is 16.7. The van der Waals surface area contributed by atoms with Crippen molar-refractivity contribution in [3.8, 4) is 0 Å². The van der Waals surface area contributed by atoms with Gasteiger partial charge in [-0.2, -0.15) is 8.42 Å². The molecule has 3 aliphatic heterocycles. The van der Waals surface area contributed by atoms with Crippen LogP contribution in [0, 0.1) is 6.92 Å². The molecule has 4 heterocycles. The molecule has 8 rings (SSSR count). The van der Waals surface area contributed by atoms with E-state index in [0.717, 1.165) is 21.6 Å². The summed E-state index contributed by atoms with van der Waals surface area (Å²) in [7, 11) is -2.33. The van der Waals surface area contributed by atoms with Gasteiger partial charge in [0, 0.05) is 43.9 Å². The second-order valence-electron chi connectivity index (χ2n) is 15.5. The Labute approximate surface area is 399 Å². The van der Waals surface area contributed by atoms with E-state index in [4.69, 9.17) is 15.0 Å². The van der Waals surface area contributed by atoms with E-state index in [1.807, 2.05) is 67.6 Å². The zero-order valence-corrected chi connectivity index (χ0v) is 39.2. The topological polar surface area (TPSA) is 269 Å². The number of rotatable bonds is 13. The lowest BCUT2D eigenvalue weighted by Crippen LogP contribution is -2.71. The second kappa shape index (κ2) is 21.3. The number of tetrazole rings is 1. The zero-order valence-electron chi connectivity index (χ0n) is 36.8. The third-order valence-corrected chi connectivity index (χ3v) is 14.3. The highest BCUT2D eigenvalue weighted by Gasteiger charge is 2.55. The number of amides is 6. The molecule has 0 bridgehead atoms. The number of likely N-dealkylation sites (N-methyl/N-ethyl adjacent to an activating group) is 1.